The molecule has 0 spiro atoms. The lowest BCUT2D eigenvalue weighted by Crippen LogP contribution is -2.48. The summed E-state index contributed by atoms with van der Waals surface area (Å²) in [7, 11) is 0. The molecule has 0 amide bonds. The Morgan fingerprint density at radius 3 is 2.59 bits per heavy atom. The van der Waals surface area contributed by atoms with Gasteiger partial charge in [-0.25, -0.2) is 0 Å². The largest absolute Gasteiger partial charge is 0.385 e. The lowest BCUT2D eigenvalue weighted by molar-refractivity contribution is 0.277. The van der Waals surface area contributed by atoms with E-state index in [1.807, 2.05) is 18.3 Å². The molecule has 0 aliphatic heterocycles. The van der Waals surface area contributed by atoms with Gasteiger partial charge in [0.25, 0.3) is 0 Å². The summed E-state index contributed by atoms with van der Waals surface area (Å²) in [5.74, 6) is 0. The lowest BCUT2D eigenvalue weighted by Gasteiger charge is -2.37. The summed E-state index contributed by atoms with van der Waals surface area (Å²) in [5, 5.41) is 7.21. The second-order valence-electron chi connectivity index (χ2n) is 7.32. The Morgan fingerprint density at radius 1 is 1.36 bits per heavy atom. The van der Waals surface area contributed by atoms with Crippen molar-refractivity contribution in [2.24, 2.45) is 5.41 Å². The molecule has 0 bridgehead atoms. The summed E-state index contributed by atoms with van der Waals surface area (Å²) in [5.41, 5.74) is 3.33. The molecule has 2 rings (SSSR count). The number of rotatable bonds is 7. The van der Waals surface area contributed by atoms with E-state index >= 15 is 0 Å². The maximum absolute atomic E-state index is 4.28. The molecule has 22 heavy (non-hydrogen) atoms. The third-order valence-electron chi connectivity index (χ3n) is 4.30. The van der Waals surface area contributed by atoms with Gasteiger partial charge >= 0.3 is 0 Å². The first kappa shape index (κ1) is 16.8. The summed E-state index contributed by atoms with van der Waals surface area (Å²) < 4.78 is 0. The fourth-order valence-corrected chi connectivity index (χ4v) is 2.75. The van der Waals surface area contributed by atoms with Gasteiger partial charge in [-0.2, -0.15) is 0 Å². The van der Waals surface area contributed by atoms with Crippen LogP contribution in [0, 0.1) is 5.41 Å². The summed E-state index contributed by atoms with van der Waals surface area (Å²) in [6.07, 6.45) is 7.50. The Morgan fingerprint density at radius 2 is 2.09 bits per heavy atom. The van der Waals surface area contributed by atoms with Crippen LogP contribution in [0.2, 0.25) is 0 Å². The van der Waals surface area contributed by atoms with E-state index in [2.05, 4.69) is 49.5 Å². The van der Waals surface area contributed by atoms with E-state index in [1.54, 1.807) is 6.20 Å². The molecule has 1 heterocycles. The van der Waals surface area contributed by atoms with Crippen molar-refractivity contribution in [2.45, 2.75) is 52.1 Å². The van der Waals surface area contributed by atoms with Crippen LogP contribution < -0.4 is 10.6 Å². The fraction of sp³-hybridized carbons (Fsp3) is 0.526. The molecular weight excluding hydrogens is 270 g/mol. The molecule has 1 saturated carbocycles. The van der Waals surface area contributed by atoms with Crippen molar-refractivity contribution in [3.05, 3.63) is 48.9 Å². The Kier molecular flexibility index (Phi) is 5.41. The van der Waals surface area contributed by atoms with Crippen LogP contribution in [0.1, 0.15) is 45.6 Å². The van der Waals surface area contributed by atoms with Crippen molar-refractivity contribution in [3.63, 3.8) is 0 Å². The third kappa shape index (κ3) is 4.44. The molecule has 0 saturated heterocycles. The van der Waals surface area contributed by atoms with Crippen LogP contribution >= 0.6 is 0 Å². The smallest absolute Gasteiger partial charge is 0.0515 e. The second-order valence-corrected chi connectivity index (χ2v) is 7.32. The van der Waals surface area contributed by atoms with E-state index in [9.17, 15) is 0 Å². The van der Waals surface area contributed by atoms with Gasteiger partial charge in [-0.15, -0.1) is 0 Å². The molecule has 1 aromatic rings. The van der Waals surface area contributed by atoms with Crippen molar-refractivity contribution in [1.29, 1.82) is 0 Å². The monoisotopic (exact) mass is 299 g/mol. The SMILES string of the molecule is C=C(CNC(C(=C)NC1CCC1)C(C)(C)C)c1cccnc1. The highest BCUT2D eigenvalue weighted by atomic mass is 15.0. The first-order valence-electron chi connectivity index (χ1n) is 8.15. The third-order valence-corrected chi connectivity index (χ3v) is 4.30. The van der Waals surface area contributed by atoms with Gasteiger partial charge in [-0.1, -0.05) is 40.0 Å². The normalized spacial score (nSPS) is 16.7. The molecule has 3 heteroatoms. The first-order valence-corrected chi connectivity index (χ1v) is 8.15. The summed E-state index contributed by atoms with van der Waals surface area (Å²) in [6.45, 7) is 15.9. The molecule has 0 aromatic carbocycles. The minimum atomic E-state index is 0.100. The van der Waals surface area contributed by atoms with Crippen LogP contribution in [0.25, 0.3) is 5.57 Å². The quantitative estimate of drug-likeness (QED) is 0.805. The van der Waals surface area contributed by atoms with Gasteiger partial charge in [0.2, 0.25) is 0 Å². The van der Waals surface area contributed by atoms with Crippen LogP contribution in [-0.2, 0) is 0 Å². The molecule has 0 radical (unpaired) electrons. The maximum atomic E-state index is 4.28. The topological polar surface area (TPSA) is 37.0 Å². The Hall–Kier alpha value is -1.61. The second kappa shape index (κ2) is 7.10. The van der Waals surface area contributed by atoms with E-state index in [1.165, 1.54) is 19.3 Å². The minimum absolute atomic E-state index is 0.100. The number of nitrogens with one attached hydrogen (secondary N) is 2. The van der Waals surface area contributed by atoms with Gasteiger partial charge in [0, 0.05) is 30.7 Å². The van der Waals surface area contributed by atoms with Crippen molar-refractivity contribution in [3.8, 4) is 0 Å². The number of hydrogen-bond donors (Lipinski definition) is 2. The average Bonchev–Trinajstić information content (AvgIpc) is 2.42. The summed E-state index contributed by atoms with van der Waals surface area (Å²) in [6, 6.07) is 4.81. The Balaban J connectivity index is 1.95. The van der Waals surface area contributed by atoms with Gasteiger partial charge in [0.1, 0.15) is 0 Å². The van der Waals surface area contributed by atoms with Crippen LogP contribution in [-0.4, -0.2) is 23.6 Å². The van der Waals surface area contributed by atoms with E-state index in [-0.39, 0.29) is 11.5 Å². The highest BCUT2D eigenvalue weighted by Crippen LogP contribution is 2.26. The molecule has 1 unspecified atom stereocenters. The molecule has 1 aliphatic carbocycles. The summed E-state index contributed by atoms with van der Waals surface area (Å²) in [4.78, 5) is 4.16. The number of aromatic nitrogens is 1. The van der Waals surface area contributed by atoms with Crippen molar-refractivity contribution in [2.75, 3.05) is 6.54 Å². The molecule has 3 nitrogen and oxygen atoms in total. The van der Waals surface area contributed by atoms with E-state index < -0.39 is 0 Å². The molecule has 2 N–H and O–H groups in total. The molecular formula is C19H29N3. The standard InChI is InChI=1S/C19H29N3/c1-14(16-8-7-11-20-13-16)12-21-18(19(3,4)5)15(2)22-17-9-6-10-17/h7-8,11,13,17-18,21-22H,1-2,6,9-10,12H2,3-5H3. The number of hydrogen-bond acceptors (Lipinski definition) is 3. The molecule has 120 valence electrons. The summed E-state index contributed by atoms with van der Waals surface area (Å²) >= 11 is 0. The van der Waals surface area contributed by atoms with Crippen LogP contribution in [0.3, 0.4) is 0 Å². The van der Waals surface area contributed by atoms with Gasteiger partial charge in [-0.05, 0) is 41.9 Å². The zero-order valence-corrected chi connectivity index (χ0v) is 14.2. The zero-order valence-electron chi connectivity index (χ0n) is 14.2. The number of pyridine rings is 1. The predicted octanol–water partition coefficient (Wildman–Crippen LogP) is 3.75. The minimum Gasteiger partial charge on any atom is -0.385 e. The average molecular weight is 299 g/mol. The predicted molar refractivity (Wildman–Crippen MR) is 94.4 cm³/mol. The molecule has 1 atom stereocenters. The van der Waals surface area contributed by atoms with Crippen LogP contribution in [0.15, 0.2) is 43.4 Å². The molecule has 1 aromatic heterocycles. The zero-order chi connectivity index (χ0) is 16.2. The Labute approximate surface area is 134 Å². The Bertz CT molecular complexity index is 509. The van der Waals surface area contributed by atoms with Gasteiger partial charge in [0.15, 0.2) is 0 Å². The first-order chi connectivity index (χ1) is 10.4. The molecule has 1 aliphatic rings. The fourth-order valence-electron chi connectivity index (χ4n) is 2.75. The highest BCUT2D eigenvalue weighted by Gasteiger charge is 2.29. The van der Waals surface area contributed by atoms with Gasteiger partial charge < -0.3 is 10.6 Å². The van der Waals surface area contributed by atoms with Crippen LogP contribution in [0.4, 0.5) is 0 Å². The maximum Gasteiger partial charge on any atom is 0.0515 e. The highest BCUT2D eigenvalue weighted by molar-refractivity contribution is 5.63. The van der Waals surface area contributed by atoms with Crippen molar-refractivity contribution >= 4 is 5.57 Å². The van der Waals surface area contributed by atoms with Gasteiger partial charge in [-0.3, -0.25) is 4.98 Å². The van der Waals surface area contributed by atoms with Crippen molar-refractivity contribution < 1.29 is 0 Å². The van der Waals surface area contributed by atoms with Crippen LogP contribution in [0.5, 0.6) is 0 Å². The lowest BCUT2D eigenvalue weighted by atomic mass is 9.83. The van der Waals surface area contributed by atoms with E-state index in [0.717, 1.165) is 23.4 Å². The van der Waals surface area contributed by atoms with Gasteiger partial charge in [0.05, 0.1) is 6.04 Å². The van der Waals surface area contributed by atoms with Crippen molar-refractivity contribution in [1.82, 2.24) is 15.6 Å². The number of nitrogens with zero attached hydrogens (tertiary/aromatic N) is 1. The van der Waals surface area contributed by atoms with E-state index in [4.69, 9.17) is 0 Å². The molecule has 1 fully saturated rings. The van der Waals surface area contributed by atoms with E-state index in [0.29, 0.717) is 6.04 Å².